The number of nitrogens with zero attached hydrogens (tertiary/aromatic N) is 4. The first-order valence-corrected chi connectivity index (χ1v) is 9.35. The van der Waals surface area contributed by atoms with E-state index in [0.717, 1.165) is 32.6 Å². The largest absolute Gasteiger partial charge is 0.467 e. The molecule has 4 rings (SSSR count). The van der Waals surface area contributed by atoms with Crippen LogP contribution in [0.3, 0.4) is 0 Å². The molecule has 0 aliphatic rings. The van der Waals surface area contributed by atoms with Gasteiger partial charge in [-0.3, -0.25) is 4.79 Å². The lowest BCUT2D eigenvalue weighted by Gasteiger charge is -2.14. The molecule has 0 saturated carbocycles. The van der Waals surface area contributed by atoms with Gasteiger partial charge in [-0.25, -0.2) is 4.68 Å². The van der Waals surface area contributed by atoms with Gasteiger partial charge in [-0.2, -0.15) is 10.1 Å². The van der Waals surface area contributed by atoms with Gasteiger partial charge in [-0.15, -0.1) is 0 Å². The van der Waals surface area contributed by atoms with Crippen molar-refractivity contribution >= 4 is 32.7 Å². The van der Waals surface area contributed by atoms with E-state index in [1.165, 1.54) is 11.3 Å². The van der Waals surface area contributed by atoms with Crippen molar-refractivity contribution < 1.29 is 9.21 Å². The lowest BCUT2D eigenvalue weighted by Crippen LogP contribution is -2.34. The second kappa shape index (κ2) is 7.24. The molecule has 1 aromatic carbocycles. The molecule has 3 heterocycles. The Kier molecular flexibility index (Phi) is 4.64. The van der Waals surface area contributed by atoms with Crippen LogP contribution in [-0.2, 0) is 11.3 Å². The number of benzene rings is 1. The van der Waals surface area contributed by atoms with Gasteiger partial charge >= 0.3 is 0 Å². The molecule has 0 atom stereocenters. The van der Waals surface area contributed by atoms with E-state index in [4.69, 9.17) is 9.40 Å². The zero-order valence-corrected chi connectivity index (χ0v) is 15.9. The van der Waals surface area contributed by atoms with Crippen LogP contribution in [0.15, 0.2) is 53.1 Å². The first kappa shape index (κ1) is 17.3. The Morgan fingerprint density at radius 2 is 2.07 bits per heavy atom. The van der Waals surface area contributed by atoms with Crippen molar-refractivity contribution in [3.05, 3.63) is 60.2 Å². The van der Waals surface area contributed by atoms with E-state index in [-0.39, 0.29) is 12.5 Å². The summed E-state index contributed by atoms with van der Waals surface area (Å²) in [4.78, 5) is 18.8. The minimum absolute atomic E-state index is 0.0884. The molecule has 0 aliphatic carbocycles. The molecule has 0 spiro atoms. The van der Waals surface area contributed by atoms with Crippen molar-refractivity contribution in [3.8, 4) is 5.69 Å². The molecule has 0 fully saturated rings. The molecule has 138 valence electrons. The average Bonchev–Trinajstić information content (AvgIpc) is 3.39. The molecule has 0 aliphatic heterocycles. The van der Waals surface area contributed by atoms with E-state index in [2.05, 4.69) is 10.4 Å². The number of hydrogen-bond donors (Lipinski definition) is 1. The fraction of sp³-hybridized carbons (Fsp3) is 0.211. The second-order valence-electron chi connectivity index (χ2n) is 6.19. The number of hydrogen-bond acceptors (Lipinski definition) is 6. The van der Waals surface area contributed by atoms with Gasteiger partial charge in [0, 0.05) is 7.05 Å². The smallest absolute Gasteiger partial charge is 0.239 e. The van der Waals surface area contributed by atoms with Crippen molar-refractivity contribution in [1.82, 2.24) is 20.1 Å². The van der Waals surface area contributed by atoms with Crippen LogP contribution in [0.25, 0.3) is 16.0 Å². The predicted octanol–water partition coefficient (Wildman–Crippen LogP) is 3.14. The number of aromatic nitrogens is 3. The van der Waals surface area contributed by atoms with E-state index in [1.807, 2.05) is 60.0 Å². The average molecular weight is 381 g/mol. The van der Waals surface area contributed by atoms with Crippen LogP contribution in [-0.4, -0.2) is 34.3 Å². The van der Waals surface area contributed by atoms with Gasteiger partial charge in [0.15, 0.2) is 10.8 Å². The van der Waals surface area contributed by atoms with Gasteiger partial charge in [0.25, 0.3) is 0 Å². The van der Waals surface area contributed by atoms with E-state index in [1.54, 1.807) is 12.3 Å². The van der Waals surface area contributed by atoms with Crippen LogP contribution in [0.4, 0.5) is 5.13 Å². The molecule has 7 nitrogen and oxygen atoms in total. The number of thiazole rings is 1. The fourth-order valence-corrected chi connectivity index (χ4v) is 3.72. The number of anilines is 1. The number of aryl methyl sites for hydroxylation is 1. The summed E-state index contributed by atoms with van der Waals surface area (Å²) in [7, 11) is 1.86. The molecular weight excluding hydrogens is 362 g/mol. The molecule has 4 aromatic rings. The summed E-state index contributed by atoms with van der Waals surface area (Å²) in [5, 5.41) is 8.22. The normalized spacial score (nSPS) is 11.0. The fourth-order valence-electron chi connectivity index (χ4n) is 2.77. The van der Waals surface area contributed by atoms with Crippen molar-refractivity contribution in [1.29, 1.82) is 0 Å². The van der Waals surface area contributed by atoms with Crippen molar-refractivity contribution in [2.24, 2.45) is 0 Å². The number of likely N-dealkylation sites (N-methyl/N-ethyl adjacent to an activating group) is 1. The second-order valence-corrected chi connectivity index (χ2v) is 7.17. The van der Waals surface area contributed by atoms with Gasteiger partial charge in [-0.1, -0.05) is 29.5 Å². The highest BCUT2D eigenvalue weighted by Gasteiger charge is 2.18. The Bertz CT molecular complexity index is 1050. The van der Waals surface area contributed by atoms with E-state index >= 15 is 0 Å². The number of para-hydroxylation sites is 1. The summed E-state index contributed by atoms with van der Waals surface area (Å²) in [6, 6.07) is 13.5. The van der Waals surface area contributed by atoms with Gasteiger partial charge in [0.2, 0.25) is 5.91 Å². The highest BCUT2D eigenvalue weighted by Crippen LogP contribution is 2.31. The highest BCUT2D eigenvalue weighted by molar-refractivity contribution is 7.22. The van der Waals surface area contributed by atoms with E-state index in [0.29, 0.717) is 6.54 Å². The molecule has 8 heteroatoms. The molecule has 3 aromatic heterocycles. The summed E-state index contributed by atoms with van der Waals surface area (Å²) >= 11 is 1.54. The number of rotatable bonds is 6. The van der Waals surface area contributed by atoms with Crippen LogP contribution in [0.5, 0.6) is 0 Å². The van der Waals surface area contributed by atoms with Crippen LogP contribution in [0.1, 0.15) is 11.5 Å². The van der Waals surface area contributed by atoms with Gasteiger partial charge in [0.05, 0.1) is 35.4 Å². The molecular formula is C19H19N5O2S. The summed E-state index contributed by atoms with van der Waals surface area (Å²) < 4.78 is 8.09. The van der Waals surface area contributed by atoms with Crippen molar-refractivity contribution in [3.63, 3.8) is 0 Å². The molecule has 0 radical (unpaired) electrons. The monoisotopic (exact) mass is 381 g/mol. The van der Waals surface area contributed by atoms with E-state index < -0.39 is 0 Å². The maximum atomic E-state index is 12.2. The topological polar surface area (TPSA) is 76.2 Å². The predicted molar refractivity (Wildman–Crippen MR) is 105 cm³/mol. The van der Waals surface area contributed by atoms with Crippen LogP contribution >= 0.6 is 11.3 Å². The van der Waals surface area contributed by atoms with Crippen molar-refractivity contribution in [2.45, 2.75) is 13.5 Å². The Balaban J connectivity index is 1.51. The zero-order valence-electron chi connectivity index (χ0n) is 15.0. The number of carbonyl (C=O) groups excluding carboxylic acids is 1. The van der Waals surface area contributed by atoms with Crippen LogP contribution in [0, 0.1) is 6.92 Å². The molecule has 0 bridgehead atoms. The van der Waals surface area contributed by atoms with Crippen LogP contribution < -0.4 is 10.2 Å². The third-order valence-corrected chi connectivity index (χ3v) is 5.39. The van der Waals surface area contributed by atoms with Gasteiger partial charge in [-0.05, 0) is 31.2 Å². The third-order valence-electron chi connectivity index (χ3n) is 4.13. The summed E-state index contributed by atoms with van der Waals surface area (Å²) in [6.45, 7) is 2.57. The highest BCUT2D eigenvalue weighted by atomic mass is 32.1. The quantitative estimate of drug-likeness (QED) is 0.555. The summed E-state index contributed by atoms with van der Waals surface area (Å²) in [5.41, 5.74) is 2.70. The molecule has 1 amide bonds. The van der Waals surface area contributed by atoms with Crippen LogP contribution in [0.2, 0.25) is 0 Å². The van der Waals surface area contributed by atoms with Gasteiger partial charge < -0.3 is 14.6 Å². The molecule has 1 N–H and O–H groups in total. The molecule has 0 saturated heterocycles. The number of amides is 1. The first-order valence-electron chi connectivity index (χ1n) is 8.53. The van der Waals surface area contributed by atoms with Gasteiger partial charge in [0.1, 0.15) is 5.76 Å². The number of fused-ring (bicyclic) bond motifs is 1. The number of nitrogens with one attached hydrogen (secondary N) is 1. The minimum atomic E-state index is -0.0884. The molecule has 27 heavy (non-hydrogen) atoms. The number of carbonyl (C=O) groups is 1. The maximum absolute atomic E-state index is 12.2. The Morgan fingerprint density at radius 3 is 2.81 bits per heavy atom. The zero-order chi connectivity index (χ0) is 18.8. The number of furan rings is 1. The minimum Gasteiger partial charge on any atom is -0.467 e. The lowest BCUT2D eigenvalue weighted by molar-refractivity contribution is -0.119. The third kappa shape index (κ3) is 3.56. The SMILES string of the molecule is Cc1nn(-c2ccccc2)c2nc(N(C)CC(=O)NCc3ccco3)sc12. The Morgan fingerprint density at radius 1 is 1.26 bits per heavy atom. The maximum Gasteiger partial charge on any atom is 0.239 e. The standard InChI is InChI=1S/C19H19N5O2S/c1-13-17-18(24(22-13)14-7-4-3-5-8-14)21-19(27-17)23(2)12-16(25)20-11-15-9-6-10-26-15/h3-10H,11-12H2,1-2H3,(H,20,25). The first-order chi connectivity index (χ1) is 13.1. The Labute approximate surface area is 160 Å². The lowest BCUT2D eigenvalue weighted by atomic mass is 10.3. The Hall–Kier alpha value is -3.13. The van der Waals surface area contributed by atoms with E-state index in [9.17, 15) is 4.79 Å². The molecule has 0 unspecified atom stereocenters. The summed E-state index contributed by atoms with van der Waals surface area (Å²) in [6.07, 6.45) is 1.59. The summed E-state index contributed by atoms with van der Waals surface area (Å²) in [5.74, 6) is 0.638. The van der Waals surface area contributed by atoms with Crippen molar-refractivity contribution in [2.75, 3.05) is 18.5 Å².